The summed E-state index contributed by atoms with van der Waals surface area (Å²) in [4.78, 5) is 0. The van der Waals surface area contributed by atoms with Crippen LogP contribution in [-0.2, 0) is 11.3 Å². The van der Waals surface area contributed by atoms with Gasteiger partial charge in [-0.25, -0.2) is 0 Å². The zero-order valence-electron chi connectivity index (χ0n) is 10.5. The quantitative estimate of drug-likeness (QED) is 0.839. The minimum Gasteiger partial charge on any atom is -0.378 e. The molecule has 5 nitrogen and oxygen atoms in total. The lowest BCUT2D eigenvalue weighted by Gasteiger charge is -2.24. The molecule has 0 spiro atoms. The Labute approximate surface area is 102 Å². The van der Waals surface area contributed by atoms with Gasteiger partial charge in [-0.2, -0.15) is 0 Å². The summed E-state index contributed by atoms with van der Waals surface area (Å²) >= 11 is 0. The number of ether oxygens (including phenoxy) is 1. The van der Waals surface area contributed by atoms with Crippen LogP contribution in [0.5, 0.6) is 0 Å². The van der Waals surface area contributed by atoms with Gasteiger partial charge in [-0.05, 0) is 19.8 Å². The monoisotopic (exact) mass is 236 g/mol. The molecule has 0 saturated carbocycles. The topological polar surface area (TPSA) is 52.0 Å². The fourth-order valence-electron chi connectivity index (χ4n) is 2.88. The van der Waals surface area contributed by atoms with E-state index in [1.54, 1.807) is 0 Å². The van der Waals surface area contributed by atoms with Gasteiger partial charge in [0, 0.05) is 19.0 Å². The lowest BCUT2D eigenvalue weighted by atomic mass is 10.0. The first-order valence-electron chi connectivity index (χ1n) is 6.57. The number of nitrogens with zero attached hydrogens (tertiary/aromatic N) is 3. The van der Waals surface area contributed by atoms with Crippen molar-refractivity contribution in [1.29, 1.82) is 0 Å². The maximum Gasteiger partial charge on any atom is 0.150 e. The molecule has 0 aromatic carbocycles. The van der Waals surface area contributed by atoms with Crippen LogP contribution in [0.4, 0.5) is 0 Å². The Kier molecular flexibility index (Phi) is 2.88. The molecule has 2 aliphatic rings. The molecule has 5 heteroatoms. The number of rotatable bonds is 2. The van der Waals surface area contributed by atoms with Crippen LogP contribution in [-0.4, -0.2) is 34.0 Å². The summed E-state index contributed by atoms with van der Waals surface area (Å²) < 4.78 is 7.94. The minimum absolute atomic E-state index is 0.358. The predicted octanol–water partition coefficient (Wildman–Crippen LogP) is 1.22. The molecule has 0 radical (unpaired) electrons. The van der Waals surface area contributed by atoms with Gasteiger partial charge in [-0.15, -0.1) is 10.2 Å². The zero-order chi connectivity index (χ0) is 11.8. The summed E-state index contributed by atoms with van der Waals surface area (Å²) in [6.45, 7) is 7.11. The van der Waals surface area contributed by atoms with Crippen LogP contribution in [0.25, 0.3) is 0 Å². The fraction of sp³-hybridized carbons (Fsp3) is 0.833. The van der Waals surface area contributed by atoms with Crippen LogP contribution in [0.2, 0.25) is 0 Å². The second-order valence-corrected chi connectivity index (χ2v) is 5.06. The van der Waals surface area contributed by atoms with Gasteiger partial charge in [0.2, 0.25) is 0 Å². The van der Waals surface area contributed by atoms with E-state index in [4.69, 9.17) is 4.74 Å². The molecule has 2 aliphatic heterocycles. The molecule has 0 aliphatic carbocycles. The molecule has 1 fully saturated rings. The molecule has 3 heterocycles. The lowest BCUT2D eigenvalue weighted by molar-refractivity contribution is 0.123. The van der Waals surface area contributed by atoms with Gasteiger partial charge in [0.1, 0.15) is 11.6 Å². The number of fused-ring (bicyclic) bond motifs is 1. The summed E-state index contributed by atoms with van der Waals surface area (Å²) in [6.07, 6.45) is 2.49. The van der Waals surface area contributed by atoms with E-state index in [1.807, 2.05) is 0 Å². The van der Waals surface area contributed by atoms with E-state index >= 15 is 0 Å². The highest BCUT2D eigenvalue weighted by Gasteiger charge is 2.31. The lowest BCUT2D eigenvalue weighted by Crippen LogP contribution is -2.34. The highest BCUT2D eigenvalue weighted by molar-refractivity contribution is 5.09. The molecule has 3 atom stereocenters. The average molecular weight is 236 g/mol. The number of nitrogens with one attached hydrogen (secondary N) is 1. The van der Waals surface area contributed by atoms with Crippen LogP contribution in [0.15, 0.2) is 0 Å². The summed E-state index contributed by atoms with van der Waals surface area (Å²) in [5, 5.41) is 12.3. The maximum absolute atomic E-state index is 5.64. The summed E-state index contributed by atoms with van der Waals surface area (Å²) in [5.41, 5.74) is 0. The van der Waals surface area contributed by atoms with Crippen molar-refractivity contribution >= 4 is 0 Å². The summed E-state index contributed by atoms with van der Waals surface area (Å²) in [7, 11) is 0. The average Bonchev–Trinajstić information content (AvgIpc) is 2.94. The van der Waals surface area contributed by atoms with Gasteiger partial charge in [0.15, 0.2) is 0 Å². The predicted molar refractivity (Wildman–Crippen MR) is 63.8 cm³/mol. The van der Waals surface area contributed by atoms with E-state index in [2.05, 4.69) is 33.9 Å². The molecule has 94 valence electrons. The Morgan fingerprint density at radius 1 is 1.41 bits per heavy atom. The largest absolute Gasteiger partial charge is 0.378 e. The number of hydrogen-bond donors (Lipinski definition) is 1. The zero-order valence-corrected chi connectivity index (χ0v) is 10.5. The summed E-state index contributed by atoms with van der Waals surface area (Å²) in [6, 6.07) is 0.366. The van der Waals surface area contributed by atoms with Crippen molar-refractivity contribution in [3.63, 3.8) is 0 Å². The molecular formula is C12H20N4O. The Morgan fingerprint density at radius 2 is 2.24 bits per heavy atom. The van der Waals surface area contributed by atoms with E-state index in [0.29, 0.717) is 18.1 Å². The third-order valence-electron chi connectivity index (χ3n) is 3.82. The molecular weight excluding hydrogens is 216 g/mol. The molecule has 1 N–H and O–H groups in total. The van der Waals surface area contributed by atoms with Crippen molar-refractivity contribution in [3.05, 3.63) is 11.6 Å². The van der Waals surface area contributed by atoms with Crippen LogP contribution in [0.1, 0.15) is 50.3 Å². The molecule has 1 aromatic rings. The Balaban J connectivity index is 1.89. The van der Waals surface area contributed by atoms with E-state index in [1.165, 1.54) is 0 Å². The Bertz CT molecular complexity index is 403. The van der Waals surface area contributed by atoms with Crippen molar-refractivity contribution in [3.8, 4) is 0 Å². The number of hydrogen-bond acceptors (Lipinski definition) is 4. The third-order valence-corrected chi connectivity index (χ3v) is 3.82. The normalized spacial score (nSPS) is 32.7. The van der Waals surface area contributed by atoms with E-state index in [-0.39, 0.29) is 0 Å². The van der Waals surface area contributed by atoms with Crippen molar-refractivity contribution in [2.45, 2.75) is 51.3 Å². The third kappa shape index (κ3) is 1.87. The minimum atomic E-state index is 0.358. The second kappa shape index (κ2) is 4.38. The molecule has 1 saturated heterocycles. The van der Waals surface area contributed by atoms with E-state index in [9.17, 15) is 0 Å². The number of aromatic nitrogens is 3. The molecule has 0 amide bonds. The molecule has 17 heavy (non-hydrogen) atoms. The van der Waals surface area contributed by atoms with Gasteiger partial charge >= 0.3 is 0 Å². The van der Waals surface area contributed by atoms with Crippen molar-refractivity contribution in [1.82, 2.24) is 20.1 Å². The fourth-order valence-corrected chi connectivity index (χ4v) is 2.88. The Hall–Kier alpha value is -0.940. The van der Waals surface area contributed by atoms with E-state index in [0.717, 1.165) is 44.2 Å². The van der Waals surface area contributed by atoms with Crippen LogP contribution in [0, 0.1) is 0 Å². The van der Waals surface area contributed by atoms with Gasteiger partial charge in [0.05, 0.1) is 18.8 Å². The maximum atomic E-state index is 5.64. The van der Waals surface area contributed by atoms with Gasteiger partial charge < -0.3 is 14.6 Å². The van der Waals surface area contributed by atoms with Gasteiger partial charge in [0.25, 0.3) is 0 Å². The molecule has 3 rings (SSSR count). The Morgan fingerprint density at radius 3 is 2.94 bits per heavy atom. The first kappa shape index (κ1) is 11.2. The highest BCUT2D eigenvalue weighted by atomic mass is 16.5. The van der Waals surface area contributed by atoms with Gasteiger partial charge in [-0.1, -0.05) is 6.92 Å². The first-order chi connectivity index (χ1) is 8.29. The van der Waals surface area contributed by atoms with E-state index < -0.39 is 0 Å². The molecule has 0 bridgehead atoms. The smallest absolute Gasteiger partial charge is 0.150 e. The second-order valence-electron chi connectivity index (χ2n) is 5.06. The molecule has 3 unspecified atom stereocenters. The van der Waals surface area contributed by atoms with Crippen molar-refractivity contribution in [2.75, 3.05) is 13.2 Å². The first-order valence-corrected chi connectivity index (χ1v) is 6.57. The van der Waals surface area contributed by atoms with Gasteiger partial charge in [-0.3, -0.25) is 0 Å². The SMILES string of the molecule is CCC1NCCn2c(C3COC(C)C3)nnc21. The molecule has 1 aromatic heterocycles. The van der Waals surface area contributed by atoms with Crippen molar-refractivity contribution < 1.29 is 4.74 Å². The summed E-state index contributed by atoms with van der Waals surface area (Å²) in [5.74, 6) is 2.67. The van der Waals surface area contributed by atoms with Crippen LogP contribution < -0.4 is 5.32 Å². The van der Waals surface area contributed by atoms with Crippen molar-refractivity contribution in [2.24, 2.45) is 0 Å². The highest BCUT2D eigenvalue weighted by Crippen LogP contribution is 2.30. The standard InChI is InChI=1S/C12H20N4O/c1-3-10-12-15-14-11(16(12)5-4-13-10)9-6-8(2)17-7-9/h8-10,13H,3-7H2,1-2H3. The van der Waals surface area contributed by atoms with Crippen LogP contribution >= 0.6 is 0 Å². The van der Waals surface area contributed by atoms with Crippen LogP contribution in [0.3, 0.4) is 0 Å².